The van der Waals surface area contributed by atoms with Gasteiger partial charge in [-0.25, -0.2) is 4.39 Å². The minimum absolute atomic E-state index is 0.207. The van der Waals surface area contributed by atoms with Crippen molar-refractivity contribution < 1.29 is 9.13 Å². The Balaban J connectivity index is 1.95. The number of benzene rings is 2. The van der Waals surface area contributed by atoms with Gasteiger partial charge in [0.25, 0.3) is 0 Å². The number of rotatable bonds is 5. The van der Waals surface area contributed by atoms with Crippen molar-refractivity contribution in [2.45, 2.75) is 19.8 Å². The Morgan fingerprint density at radius 1 is 0.889 bits per heavy atom. The fourth-order valence-electron chi connectivity index (χ4n) is 1.76. The molecule has 0 aromatic heterocycles. The van der Waals surface area contributed by atoms with Gasteiger partial charge in [-0.1, -0.05) is 48.5 Å². The third kappa shape index (κ3) is 3.15. The van der Waals surface area contributed by atoms with Crippen molar-refractivity contribution in [1.82, 2.24) is 0 Å². The first-order chi connectivity index (χ1) is 8.81. The first-order valence-electron chi connectivity index (χ1n) is 5.89. The molecule has 2 nitrogen and oxygen atoms in total. The number of hydrogen-bond acceptors (Lipinski definition) is 2. The Morgan fingerprint density at radius 3 is 2.33 bits per heavy atom. The van der Waals surface area contributed by atoms with Crippen LogP contribution in [0.5, 0.6) is 0 Å². The molecule has 0 amide bonds. The molecule has 2 rings (SSSR count). The Hall–Kier alpha value is -1.71. The molecule has 2 N–H and O–H groups in total. The fourth-order valence-corrected chi connectivity index (χ4v) is 1.76. The van der Waals surface area contributed by atoms with E-state index in [9.17, 15) is 4.39 Å². The summed E-state index contributed by atoms with van der Waals surface area (Å²) in [5.41, 5.74) is 7.61. The van der Waals surface area contributed by atoms with Crippen molar-refractivity contribution in [3.05, 3.63) is 71.0 Å². The van der Waals surface area contributed by atoms with Gasteiger partial charge in [-0.2, -0.15) is 0 Å². The molecule has 0 radical (unpaired) electrons. The van der Waals surface area contributed by atoms with E-state index in [1.807, 2.05) is 30.3 Å². The van der Waals surface area contributed by atoms with E-state index in [1.165, 1.54) is 0 Å². The molecule has 0 spiro atoms. The molecule has 0 bridgehead atoms. The Labute approximate surface area is 106 Å². The maximum atomic E-state index is 13.8. The van der Waals surface area contributed by atoms with E-state index < -0.39 is 0 Å². The van der Waals surface area contributed by atoms with Crippen LogP contribution < -0.4 is 5.73 Å². The summed E-state index contributed by atoms with van der Waals surface area (Å²) in [5.74, 6) is -0.256. The van der Waals surface area contributed by atoms with Gasteiger partial charge in [-0.15, -0.1) is 0 Å². The van der Waals surface area contributed by atoms with E-state index in [-0.39, 0.29) is 19.0 Å². The lowest BCUT2D eigenvalue weighted by molar-refractivity contribution is 0.105. The molecule has 18 heavy (non-hydrogen) atoms. The van der Waals surface area contributed by atoms with Gasteiger partial charge >= 0.3 is 0 Å². The molecule has 0 aliphatic heterocycles. The van der Waals surface area contributed by atoms with Crippen molar-refractivity contribution >= 4 is 0 Å². The summed E-state index contributed by atoms with van der Waals surface area (Å²) in [7, 11) is 0. The van der Waals surface area contributed by atoms with E-state index in [2.05, 4.69) is 0 Å². The van der Waals surface area contributed by atoms with Gasteiger partial charge in [0, 0.05) is 17.7 Å². The average Bonchev–Trinajstić information content (AvgIpc) is 2.42. The summed E-state index contributed by atoms with van der Waals surface area (Å²) in [4.78, 5) is 0. The number of halogens is 1. The second-order valence-electron chi connectivity index (χ2n) is 4.07. The van der Waals surface area contributed by atoms with Crippen LogP contribution in [0, 0.1) is 5.82 Å². The van der Waals surface area contributed by atoms with Crippen molar-refractivity contribution in [2.75, 3.05) is 0 Å². The molecule has 0 unspecified atom stereocenters. The first-order valence-corrected chi connectivity index (χ1v) is 5.89. The summed E-state index contributed by atoms with van der Waals surface area (Å²) >= 11 is 0. The van der Waals surface area contributed by atoms with Gasteiger partial charge < -0.3 is 10.5 Å². The molecule has 0 saturated carbocycles. The van der Waals surface area contributed by atoms with Gasteiger partial charge in [-0.05, 0) is 5.56 Å². The zero-order valence-corrected chi connectivity index (χ0v) is 10.1. The summed E-state index contributed by atoms with van der Waals surface area (Å²) in [6.45, 7) is 0.945. The van der Waals surface area contributed by atoms with Crippen molar-refractivity contribution in [3.63, 3.8) is 0 Å². The van der Waals surface area contributed by atoms with Gasteiger partial charge in [0.15, 0.2) is 0 Å². The summed E-state index contributed by atoms with van der Waals surface area (Å²) in [6.07, 6.45) is 0. The van der Waals surface area contributed by atoms with E-state index in [0.717, 1.165) is 5.56 Å². The lowest BCUT2D eigenvalue weighted by Crippen LogP contribution is -2.04. The van der Waals surface area contributed by atoms with Crippen molar-refractivity contribution in [3.8, 4) is 0 Å². The quantitative estimate of drug-likeness (QED) is 0.878. The maximum absolute atomic E-state index is 13.8. The first kappa shape index (κ1) is 12.7. The maximum Gasteiger partial charge on any atom is 0.133 e. The van der Waals surface area contributed by atoms with E-state index in [1.54, 1.807) is 18.2 Å². The Bertz CT molecular complexity index is 499. The third-order valence-corrected chi connectivity index (χ3v) is 2.75. The second kappa shape index (κ2) is 6.28. The van der Waals surface area contributed by atoms with Crippen LogP contribution in [-0.2, 0) is 24.5 Å². The molecule has 3 heteroatoms. The average molecular weight is 245 g/mol. The van der Waals surface area contributed by atoms with Crippen LogP contribution in [0.25, 0.3) is 0 Å². The monoisotopic (exact) mass is 245 g/mol. The molecule has 0 heterocycles. The van der Waals surface area contributed by atoms with Crippen molar-refractivity contribution in [2.24, 2.45) is 5.73 Å². The molecule has 0 saturated heterocycles. The van der Waals surface area contributed by atoms with Crippen LogP contribution in [-0.4, -0.2) is 0 Å². The minimum atomic E-state index is -0.256. The van der Waals surface area contributed by atoms with Gasteiger partial charge in [0.05, 0.1) is 13.2 Å². The molecule has 0 fully saturated rings. The van der Waals surface area contributed by atoms with E-state index in [4.69, 9.17) is 10.5 Å². The summed E-state index contributed by atoms with van der Waals surface area (Å²) in [5, 5.41) is 0. The topological polar surface area (TPSA) is 35.2 Å². The number of hydrogen-bond donors (Lipinski definition) is 1. The second-order valence-corrected chi connectivity index (χ2v) is 4.07. The van der Waals surface area contributed by atoms with Gasteiger partial charge in [-0.3, -0.25) is 0 Å². The smallest absolute Gasteiger partial charge is 0.133 e. The lowest BCUT2D eigenvalue weighted by Gasteiger charge is -2.08. The third-order valence-electron chi connectivity index (χ3n) is 2.75. The summed E-state index contributed by atoms with van der Waals surface area (Å²) < 4.78 is 19.3. The minimum Gasteiger partial charge on any atom is -0.372 e. The molecule has 94 valence electrons. The zero-order chi connectivity index (χ0) is 12.8. The highest BCUT2D eigenvalue weighted by atomic mass is 19.1. The predicted molar refractivity (Wildman–Crippen MR) is 69.2 cm³/mol. The van der Waals surface area contributed by atoms with Gasteiger partial charge in [0.1, 0.15) is 5.82 Å². The molecule has 0 atom stereocenters. The molecule has 0 aliphatic carbocycles. The largest absolute Gasteiger partial charge is 0.372 e. The molecular weight excluding hydrogens is 229 g/mol. The van der Waals surface area contributed by atoms with Crippen LogP contribution in [0.3, 0.4) is 0 Å². The molecular formula is C15H16FNO. The van der Waals surface area contributed by atoms with Crippen LogP contribution in [0.15, 0.2) is 48.5 Å². The molecule has 0 aliphatic rings. The Morgan fingerprint density at radius 2 is 1.61 bits per heavy atom. The van der Waals surface area contributed by atoms with Gasteiger partial charge in [0.2, 0.25) is 0 Å². The van der Waals surface area contributed by atoms with Crippen LogP contribution in [0.1, 0.15) is 16.7 Å². The Kier molecular flexibility index (Phi) is 4.45. The SMILES string of the molecule is NCc1cccc(COCc2ccccc2)c1F. The van der Waals surface area contributed by atoms with Crippen molar-refractivity contribution in [1.29, 1.82) is 0 Å². The van der Waals surface area contributed by atoms with Crippen LogP contribution >= 0.6 is 0 Å². The highest BCUT2D eigenvalue weighted by Crippen LogP contribution is 2.14. The molecule has 2 aromatic rings. The number of nitrogens with two attached hydrogens (primary N) is 1. The molecule has 2 aromatic carbocycles. The van der Waals surface area contributed by atoms with E-state index >= 15 is 0 Å². The fraction of sp³-hybridized carbons (Fsp3) is 0.200. The van der Waals surface area contributed by atoms with Crippen LogP contribution in [0.2, 0.25) is 0 Å². The normalized spacial score (nSPS) is 10.6. The standard InChI is InChI=1S/C15H16FNO/c16-15-13(9-17)7-4-8-14(15)11-18-10-12-5-2-1-3-6-12/h1-8H,9-11,17H2. The van der Waals surface area contributed by atoms with Crippen LogP contribution in [0.4, 0.5) is 4.39 Å². The predicted octanol–water partition coefficient (Wildman–Crippen LogP) is 3.00. The lowest BCUT2D eigenvalue weighted by atomic mass is 10.1. The number of ether oxygens (including phenoxy) is 1. The highest BCUT2D eigenvalue weighted by Gasteiger charge is 2.06. The van der Waals surface area contributed by atoms with E-state index in [0.29, 0.717) is 17.7 Å². The zero-order valence-electron chi connectivity index (χ0n) is 10.1. The summed E-state index contributed by atoms with van der Waals surface area (Å²) in [6, 6.07) is 15.0. The highest BCUT2D eigenvalue weighted by molar-refractivity contribution is 5.25.